The Hall–Kier alpha value is -3.82. The Kier molecular flexibility index (Phi) is 5.41. The van der Waals surface area contributed by atoms with E-state index >= 15 is 0 Å². The zero-order chi connectivity index (χ0) is 20.1. The lowest BCUT2D eigenvalue weighted by atomic mass is 10.0. The van der Waals surface area contributed by atoms with E-state index in [1.165, 1.54) is 11.3 Å². The number of benzene rings is 2. The molecule has 0 saturated heterocycles. The van der Waals surface area contributed by atoms with Gasteiger partial charge in [0.15, 0.2) is 0 Å². The molecule has 0 amide bonds. The molecule has 0 aliphatic carbocycles. The van der Waals surface area contributed by atoms with Crippen molar-refractivity contribution in [1.82, 2.24) is 9.97 Å². The molecular weight excluding hydrogens is 382 g/mol. The van der Waals surface area contributed by atoms with Gasteiger partial charge in [-0.3, -0.25) is 9.78 Å². The highest BCUT2D eigenvalue weighted by atomic mass is 32.1. The number of nitrogens with zero attached hydrogens (tertiary/aromatic N) is 3. The first-order valence-electron chi connectivity index (χ1n) is 8.87. The molecule has 0 spiro atoms. The number of carbonyl (C=O) groups is 1. The molecule has 0 bridgehead atoms. The molecule has 0 aliphatic rings. The summed E-state index contributed by atoms with van der Waals surface area (Å²) in [4.78, 5) is 20.8. The fraction of sp³-hybridized carbons (Fsp3) is 0.0435. The highest BCUT2D eigenvalue weighted by molar-refractivity contribution is 7.13. The third-order valence-electron chi connectivity index (χ3n) is 4.22. The smallest absolute Gasteiger partial charge is 0.317 e. The van der Waals surface area contributed by atoms with E-state index in [4.69, 9.17) is 10.00 Å². The van der Waals surface area contributed by atoms with Crippen molar-refractivity contribution in [3.8, 4) is 33.5 Å². The summed E-state index contributed by atoms with van der Waals surface area (Å²) in [5.41, 5.74) is 4.19. The molecule has 0 atom stereocenters. The van der Waals surface area contributed by atoms with Gasteiger partial charge < -0.3 is 4.74 Å². The van der Waals surface area contributed by atoms with Crippen molar-refractivity contribution in [2.24, 2.45) is 0 Å². The Labute approximate surface area is 171 Å². The number of ether oxygens (including phenoxy) is 1. The van der Waals surface area contributed by atoms with Crippen LogP contribution in [0.1, 0.15) is 11.3 Å². The minimum atomic E-state index is -0.362. The van der Waals surface area contributed by atoms with Crippen LogP contribution in [0.15, 0.2) is 78.4 Å². The number of hydrogen-bond donors (Lipinski definition) is 0. The molecule has 0 radical (unpaired) electrons. The van der Waals surface area contributed by atoms with Crippen LogP contribution in [-0.2, 0) is 11.2 Å². The van der Waals surface area contributed by atoms with Gasteiger partial charge in [0, 0.05) is 23.3 Å². The van der Waals surface area contributed by atoms with E-state index in [2.05, 4.69) is 16.0 Å². The standard InChI is InChI=1S/C23H15N3O2S/c24-13-16-3-5-17(6-4-16)18-7-9-21(10-8-18)28-22(27)12-20-15-29-23(26-20)19-2-1-11-25-14-19/h1-11,14-15H,12H2. The van der Waals surface area contributed by atoms with Crippen LogP contribution in [0.2, 0.25) is 0 Å². The second kappa shape index (κ2) is 8.46. The minimum absolute atomic E-state index is 0.105. The van der Waals surface area contributed by atoms with Crippen LogP contribution < -0.4 is 4.74 Å². The molecule has 2 aromatic heterocycles. The Morgan fingerprint density at radius 3 is 2.38 bits per heavy atom. The average molecular weight is 397 g/mol. The van der Waals surface area contributed by atoms with Gasteiger partial charge in [0.05, 0.1) is 23.7 Å². The molecule has 4 aromatic rings. The molecule has 0 saturated carbocycles. The first-order chi connectivity index (χ1) is 14.2. The first-order valence-corrected chi connectivity index (χ1v) is 9.75. The van der Waals surface area contributed by atoms with Crippen LogP contribution in [0, 0.1) is 11.3 Å². The highest BCUT2D eigenvalue weighted by Gasteiger charge is 2.11. The summed E-state index contributed by atoms with van der Waals surface area (Å²) in [6.45, 7) is 0. The second-order valence-electron chi connectivity index (χ2n) is 6.25. The van der Waals surface area contributed by atoms with Gasteiger partial charge in [-0.25, -0.2) is 4.98 Å². The van der Waals surface area contributed by atoms with Crippen LogP contribution >= 0.6 is 11.3 Å². The fourth-order valence-corrected chi connectivity index (χ4v) is 3.59. The number of thiazole rings is 1. The van der Waals surface area contributed by atoms with Gasteiger partial charge in [-0.15, -0.1) is 11.3 Å². The Morgan fingerprint density at radius 2 is 1.72 bits per heavy atom. The van der Waals surface area contributed by atoms with Crippen LogP contribution in [0.4, 0.5) is 0 Å². The van der Waals surface area contributed by atoms with E-state index in [9.17, 15) is 4.79 Å². The average Bonchev–Trinajstić information content (AvgIpc) is 3.23. The van der Waals surface area contributed by atoms with Crippen molar-refractivity contribution >= 4 is 17.3 Å². The molecule has 0 N–H and O–H groups in total. The van der Waals surface area contributed by atoms with E-state index in [0.717, 1.165) is 21.7 Å². The summed E-state index contributed by atoms with van der Waals surface area (Å²) < 4.78 is 5.43. The van der Waals surface area contributed by atoms with E-state index < -0.39 is 0 Å². The maximum Gasteiger partial charge on any atom is 0.317 e. The monoisotopic (exact) mass is 397 g/mol. The SMILES string of the molecule is N#Cc1ccc(-c2ccc(OC(=O)Cc3csc(-c4cccnc4)n3)cc2)cc1. The van der Waals surface area contributed by atoms with Gasteiger partial charge in [-0.05, 0) is 47.5 Å². The van der Waals surface area contributed by atoms with Gasteiger partial charge in [-0.1, -0.05) is 24.3 Å². The highest BCUT2D eigenvalue weighted by Crippen LogP contribution is 2.24. The molecule has 5 nitrogen and oxygen atoms in total. The van der Waals surface area contributed by atoms with Gasteiger partial charge in [0.2, 0.25) is 0 Å². The van der Waals surface area contributed by atoms with Crippen LogP contribution in [0.5, 0.6) is 5.75 Å². The van der Waals surface area contributed by atoms with Crippen molar-refractivity contribution in [1.29, 1.82) is 5.26 Å². The van der Waals surface area contributed by atoms with Crippen LogP contribution in [0.25, 0.3) is 21.7 Å². The predicted molar refractivity (Wildman–Crippen MR) is 111 cm³/mol. The summed E-state index contributed by atoms with van der Waals surface area (Å²) in [5, 5.41) is 11.6. The van der Waals surface area contributed by atoms with Crippen LogP contribution in [-0.4, -0.2) is 15.9 Å². The third kappa shape index (κ3) is 4.54. The van der Waals surface area contributed by atoms with Gasteiger partial charge in [0.25, 0.3) is 0 Å². The quantitative estimate of drug-likeness (QED) is 0.354. The molecule has 0 unspecified atom stereocenters. The van der Waals surface area contributed by atoms with Gasteiger partial charge in [0.1, 0.15) is 10.8 Å². The third-order valence-corrected chi connectivity index (χ3v) is 5.16. The van der Waals surface area contributed by atoms with Gasteiger partial charge >= 0.3 is 5.97 Å². The molecule has 0 aliphatic heterocycles. The first kappa shape index (κ1) is 18.5. The maximum absolute atomic E-state index is 12.3. The molecular formula is C23H15N3O2S. The molecule has 140 valence electrons. The Morgan fingerprint density at radius 1 is 1.00 bits per heavy atom. The van der Waals surface area contributed by atoms with Gasteiger partial charge in [-0.2, -0.15) is 5.26 Å². The lowest BCUT2D eigenvalue weighted by Gasteiger charge is -2.06. The van der Waals surface area contributed by atoms with Crippen molar-refractivity contribution < 1.29 is 9.53 Å². The van der Waals surface area contributed by atoms with E-state index in [-0.39, 0.29) is 12.4 Å². The number of nitriles is 1. The lowest BCUT2D eigenvalue weighted by Crippen LogP contribution is -2.11. The largest absolute Gasteiger partial charge is 0.426 e. The van der Waals surface area contributed by atoms with E-state index in [1.807, 2.05) is 41.8 Å². The summed E-state index contributed by atoms with van der Waals surface area (Å²) >= 11 is 1.47. The lowest BCUT2D eigenvalue weighted by molar-refractivity contribution is -0.133. The molecule has 2 aromatic carbocycles. The minimum Gasteiger partial charge on any atom is -0.426 e. The van der Waals surface area contributed by atoms with Crippen LogP contribution in [0.3, 0.4) is 0 Å². The molecule has 4 rings (SSSR count). The number of esters is 1. The predicted octanol–water partition coefficient (Wildman–Crippen LogP) is 4.89. The Balaban J connectivity index is 1.38. The number of rotatable bonds is 5. The zero-order valence-electron chi connectivity index (χ0n) is 15.3. The van der Waals surface area contributed by atoms with Crippen molar-refractivity contribution in [2.75, 3.05) is 0 Å². The van der Waals surface area contributed by atoms with Crippen molar-refractivity contribution in [3.05, 3.63) is 89.7 Å². The Bertz CT molecular complexity index is 1160. The molecule has 0 fully saturated rings. The summed E-state index contributed by atoms with van der Waals surface area (Å²) in [5.74, 6) is 0.120. The van der Waals surface area contributed by atoms with Crippen molar-refractivity contribution in [3.63, 3.8) is 0 Å². The van der Waals surface area contributed by atoms with Crippen molar-refractivity contribution in [2.45, 2.75) is 6.42 Å². The van der Waals surface area contributed by atoms with E-state index in [1.54, 1.807) is 36.7 Å². The fourth-order valence-electron chi connectivity index (χ4n) is 2.78. The molecule has 29 heavy (non-hydrogen) atoms. The topological polar surface area (TPSA) is 75.9 Å². The summed E-state index contributed by atoms with van der Waals surface area (Å²) in [6, 6.07) is 20.5. The second-order valence-corrected chi connectivity index (χ2v) is 7.11. The summed E-state index contributed by atoms with van der Waals surface area (Å²) in [7, 11) is 0. The number of aromatic nitrogens is 2. The maximum atomic E-state index is 12.3. The summed E-state index contributed by atoms with van der Waals surface area (Å²) in [6.07, 6.45) is 3.56. The molecule has 2 heterocycles. The number of pyridine rings is 1. The normalized spacial score (nSPS) is 10.3. The molecule has 6 heteroatoms. The number of carbonyl (C=O) groups excluding carboxylic acids is 1. The van der Waals surface area contributed by atoms with E-state index in [0.29, 0.717) is 17.0 Å². The number of hydrogen-bond acceptors (Lipinski definition) is 6. The zero-order valence-corrected chi connectivity index (χ0v) is 16.1.